The fraction of sp³-hybridized carbons (Fsp3) is 0.933. The molecule has 0 radical (unpaired) electrons. The Morgan fingerprint density at radius 3 is 1.95 bits per heavy atom. The third-order valence-electron chi connectivity index (χ3n) is 22.0. The Morgan fingerprint density at radius 2 is 1.32 bits per heavy atom. The molecule has 6 aliphatic heterocycles. The zero-order chi connectivity index (χ0) is 66.6. The van der Waals surface area contributed by atoms with Gasteiger partial charge in [-0.2, -0.15) is 0 Å². The van der Waals surface area contributed by atoms with E-state index >= 15 is 0 Å². The van der Waals surface area contributed by atoms with Gasteiger partial charge in [0.15, 0.2) is 31.5 Å². The zero-order valence-electron chi connectivity index (χ0n) is 53.9. The van der Waals surface area contributed by atoms with E-state index in [-0.39, 0.29) is 59.7 Å². The van der Waals surface area contributed by atoms with Crippen LogP contribution < -0.4 is 29.6 Å². The maximum Gasteiger partial charge on any atom is 1.00 e. The number of ether oxygens (including phenoxy) is 13. The smallest absolute Gasteiger partial charge is 0.726 e. The topological polar surface area (TPSA) is 443 Å². The van der Waals surface area contributed by atoms with Crippen molar-refractivity contribution in [2.75, 3.05) is 33.5 Å². The van der Waals surface area contributed by atoms with Crippen LogP contribution in [-0.4, -0.2) is 274 Å². The van der Waals surface area contributed by atoms with E-state index < -0.39 is 230 Å². The van der Waals surface area contributed by atoms with Gasteiger partial charge in [0.2, 0.25) is 10.4 Å². The molecule has 10 aliphatic rings. The Kier molecular flexibility index (Phi) is 23.1. The minimum absolute atomic E-state index is 0. The molecule has 4 aliphatic carbocycles. The summed E-state index contributed by atoms with van der Waals surface area (Å²) in [6, 6.07) is 0. The number of aliphatic hydroxyl groups excluding tert-OH is 11. The summed E-state index contributed by atoms with van der Waals surface area (Å²) < 4.78 is 121. The van der Waals surface area contributed by atoms with Gasteiger partial charge in [0.05, 0.1) is 56.1 Å². The third-order valence-corrected chi connectivity index (χ3v) is 22.5. The first-order chi connectivity index (χ1) is 42.5. The molecule has 11 N–H and O–H groups in total. The van der Waals surface area contributed by atoms with Crippen LogP contribution in [0.25, 0.3) is 0 Å². The van der Waals surface area contributed by atoms with E-state index in [9.17, 15) is 78.7 Å². The summed E-state index contributed by atoms with van der Waals surface area (Å²) in [6.45, 7) is 14.4. The first kappa shape index (κ1) is 74.9. The van der Waals surface area contributed by atoms with Crippen molar-refractivity contribution in [2.24, 2.45) is 45.3 Å². The van der Waals surface area contributed by atoms with Gasteiger partial charge in [0.1, 0.15) is 109 Å². The molecule has 92 heavy (non-hydrogen) atoms. The first-order valence-electron chi connectivity index (χ1n) is 31.7. The predicted molar refractivity (Wildman–Crippen MR) is 302 cm³/mol. The zero-order valence-corrected chi connectivity index (χ0v) is 56.7. The van der Waals surface area contributed by atoms with E-state index in [1.807, 2.05) is 34.6 Å². The van der Waals surface area contributed by atoms with Crippen LogP contribution in [0.2, 0.25) is 0 Å². The Bertz CT molecular complexity index is 2710. The summed E-state index contributed by atoms with van der Waals surface area (Å²) in [5, 5.41) is 122. The minimum atomic E-state index is -5.66. The van der Waals surface area contributed by atoms with E-state index in [4.69, 9.17) is 65.8 Å². The summed E-state index contributed by atoms with van der Waals surface area (Å²) in [7, 11) is -4.48. The van der Waals surface area contributed by atoms with Gasteiger partial charge in [-0.05, 0) is 87.4 Å². The molecule has 9 fully saturated rings. The number of allylic oxidation sites excluding steroid dienone is 2. The van der Waals surface area contributed by atoms with Crippen molar-refractivity contribution in [3.05, 3.63) is 11.6 Å². The van der Waals surface area contributed by atoms with Crippen LogP contribution in [-0.2, 0) is 85.8 Å². The average Bonchev–Trinajstić information content (AvgIpc) is 1.47. The molecule has 0 aromatic heterocycles. The van der Waals surface area contributed by atoms with Crippen molar-refractivity contribution in [3.8, 4) is 0 Å². The monoisotopic (exact) mass is 1350 g/mol. The van der Waals surface area contributed by atoms with E-state index in [0.717, 1.165) is 5.57 Å². The number of carbonyl (C=O) groups is 2. The molecule has 6 saturated heterocycles. The Hall–Kier alpha value is -1.33. The van der Waals surface area contributed by atoms with Crippen molar-refractivity contribution in [2.45, 2.75) is 273 Å². The molecule has 32 heteroatoms. The quantitative estimate of drug-likeness (QED) is 0.0189. The fourth-order valence-corrected chi connectivity index (χ4v) is 18.4. The number of rotatable bonds is 19. The SMILES string of the molecule is COC1C(O)C(CO)OC(OC2C(O)COC(OC3C(C)OC(OC4C(O[C@H]5CC[C@@]6(C)C(CC=C7[C@H]6CCC68C(=O)O[C@@](C)(C[C@@H](O)CC(C)C)[C@H]6[C@@H](OC(C)=O)C[C@@]78C)C5(C)C)OCC(O)C4OS(=O)(=O)[O-])C(OC4OCC(O)C(O)C4O)C3O)C2O)C1O.[Na+]. The second-order valence-corrected chi connectivity index (χ2v) is 29.6. The number of hydrogen-bond donors (Lipinski definition) is 11. The molecule has 0 amide bonds. The molecule has 24 unspecified atom stereocenters. The third kappa shape index (κ3) is 13.6. The standard InChI is InChI=1S/C60H96O30S.Na/c1-24(2)17-27(63)18-59(9)49-33(82-26(4)62)19-58(8)29-11-12-35-56(5,6)36(14-15-57(35,7)28(29)13-16-60(49,58)55(73)89-59)84-53-48(45(32(66)23-80-53)90-91(74,75)76)88-54-47(87-50-39(69)37(67)30(64)21-78-50)40(70)43(25(3)81-54)85-51-41(71)44(31(65)22-79-51)86-52-42(72)46(77-10)38(68)34(20-61)83-52;/h11,24-25,27-28,30-54,61,63-72H,12-23H2,1-10H3,(H,74,75,76);/q;+1/p-1/t25?,27-,28+,30?,31?,32?,33-,34?,35?,36-,37?,38?,39?,40?,41?,42?,43?,44?,45?,46?,47?,48?,49+,50?,51?,52?,53?,54?,57+,58-,59-,60?;/m0./s1. The van der Waals surface area contributed by atoms with Crippen LogP contribution in [0.4, 0.5) is 0 Å². The Balaban J connectivity index is 0.00001000. The van der Waals surface area contributed by atoms with Crippen LogP contribution in [0.5, 0.6) is 0 Å². The summed E-state index contributed by atoms with van der Waals surface area (Å²) in [5.74, 6) is -1.42. The molecule has 0 aromatic carbocycles. The molecule has 30 nitrogen and oxygen atoms in total. The van der Waals surface area contributed by atoms with Crippen molar-refractivity contribution < 1.29 is 174 Å². The van der Waals surface area contributed by atoms with Crippen LogP contribution in [0, 0.1) is 45.3 Å². The fourth-order valence-electron chi connectivity index (χ4n) is 17.9. The maximum atomic E-state index is 14.8. The molecule has 1 spiro atoms. The number of carbonyl (C=O) groups excluding carboxylic acids is 2. The van der Waals surface area contributed by atoms with E-state index in [0.29, 0.717) is 44.9 Å². The molecule has 32 atom stereocenters. The molecular weight excluding hydrogens is 1260 g/mol. The van der Waals surface area contributed by atoms with Crippen LogP contribution in [0.1, 0.15) is 114 Å². The number of hydrogen-bond acceptors (Lipinski definition) is 30. The molecule has 522 valence electrons. The van der Waals surface area contributed by atoms with Crippen LogP contribution in [0.3, 0.4) is 0 Å². The van der Waals surface area contributed by atoms with Gasteiger partial charge in [-0.15, -0.1) is 0 Å². The molecule has 6 heterocycles. The van der Waals surface area contributed by atoms with Gasteiger partial charge in [0.25, 0.3) is 0 Å². The number of esters is 2. The average molecular weight is 1350 g/mol. The van der Waals surface area contributed by atoms with Gasteiger partial charge in [-0.25, -0.2) is 8.42 Å². The van der Waals surface area contributed by atoms with E-state index in [1.165, 1.54) is 21.0 Å². The van der Waals surface area contributed by atoms with Crippen molar-refractivity contribution >= 4 is 22.3 Å². The van der Waals surface area contributed by atoms with Crippen molar-refractivity contribution in [1.82, 2.24) is 0 Å². The largest absolute Gasteiger partial charge is 1.00 e. The number of cyclic esters (lactones) is 1. The van der Waals surface area contributed by atoms with Gasteiger partial charge in [-0.3, -0.25) is 13.8 Å². The second kappa shape index (κ2) is 28.4. The van der Waals surface area contributed by atoms with Gasteiger partial charge < -0.3 is 122 Å². The molecule has 0 aromatic rings. The summed E-state index contributed by atoms with van der Waals surface area (Å²) in [6.07, 6.45) is -35.1. The van der Waals surface area contributed by atoms with Crippen LogP contribution in [0.15, 0.2) is 11.6 Å². The summed E-state index contributed by atoms with van der Waals surface area (Å²) in [4.78, 5) is 27.7. The van der Waals surface area contributed by atoms with Gasteiger partial charge in [0, 0.05) is 25.9 Å². The Morgan fingerprint density at radius 1 is 0.717 bits per heavy atom. The summed E-state index contributed by atoms with van der Waals surface area (Å²) >= 11 is 0. The molecule has 10 rings (SSSR count). The van der Waals surface area contributed by atoms with Crippen LogP contribution >= 0.6 is 0 Å². The van der Waals surface area contributed by atoms with Crippen molar-refractivity contribution in [1.29, 1.82) is 0 Å². The second-order valence-electron chi connectivity index (χ2n) is 28.6. The first-order valence-corrected chi connectivity index (χ1v) is 33.0. The molecular formula is C60H95NaO30S. The molecule has 0 bridgehead atoms. The van der Waals surface area contributed by atoms with E-state index in [1.54, 1.807) is 0 Å². The number of methoxy groups -OCH3 is 1. The molecule has 3 saturated carbocycles. The van der Waals surface area contributed by atoms with E-state index in [2.05, 4.69) is 19.9 Å². The van der Waals surface area contributed by atoms with Gasteiger partial charge in [-0.1, -0.05) is 53.2 Å². The Labute approximate surface area is 556 Å². The van der Waals surface area contributed by atoms with Crippen molar-refractivity contribution in [3.63, 3.8) is 0 Å². The number of fused-ring (bicyclic) bond motifs is 4. The predicted octanol–water partition coefficient (Wildman–Crippen LogP) is -5.20. The minimum Gasteiger partial charge on any atom is -0.726 e. The summed E-state index contributed by atoms with van der Waals surface area (Å²) in [5.41, 5.74) is -3.10. The normalized spacial score (nSPS) is 49.7. The van der Waals surface area contributed by atoms with Gasteiger partial charge >= 0.3 is 41.5 Å². The number of aliphatic hydroxyl groups is 11. The maximum absolute atomic E-state index is 14.8.